The molecule has 1 heterocycles. The van der Waals surface area contributed by atoms with E-state index in [9.17, 15) is 4.79 Å². The molecule has 0 aromatic heterocycles. The number of hydrogen-bond acceptors (Lipinski definition) is 5. The maximum absolute atomic E-state index is 11.3. The molecule has 0 spiro atoms. The molecule has 0 N–H and O–H groups in total. The smallest absolute Gasteiger partial charge is 0.311 e. The minimum Gasteiger partial charge on any atom is -0.311 e. The average molecular weight is 217 g/mol. The molecule has 16 heavy (non-hydrogen) atoms. The van der Waals surface area contributed by atoms with Crippen molar-refractivity contribution in [1.82, 2.24) is 0 Å². The van der Waals surface area contributed by atoms with Gasteiger partial charge in [0.1, 0.15) is 5.71 Å². The molecule has 5 nitrogen and oxygen atoms in total. The van der Waals surface area contributed by atoms with E-state index in [2.05, 4.69) is 15.1 Å². The van der Waals surface area contributed by atoms with Crippen molar-refractivity contribution in [3.8, 4) is 0 Å². The maximum atomic E-state index is 11.3. The number of oxime groups is 1. The molecule has 0 saturated carbocycles. The van der Waals surface area contributed by atoms with Crippen molar-refractivity contribution in [3.05, 3.63) is 30.3 Å². The number of anilines is 1. The minimum absolute atomic E-state index is 0.242. The van der Waals surface area contributed by atoms with E-state index in [1.54, 1.807) is 19.0 Å². The number of carbonyl (C=O) groups excluding carboxylic acids is 1. The van der Waals surface area contributed by atoms with E-state index in [4.69, 9.17) is 0 Å². The van der Waals surface area contributed by atoms with Crippen LogP contribution in [0.1, 0.15) is 6.92 Å². The molecular formula is C11H11N3O2. The molecule has 0 radical (unpaired) electrons. The standard InChI is InChI=1S/C11H11N3O2/c1-8-10(11(15)16-13-8)12-14(2)9-6-4-3-5-7-9/h3-7H,1-2H3/b12-10-. The lowest BCUT2D eigenvalue weighted by Gasteiger charge is -2.12. The molecule has 2 rings (SSSR count). The van der Waals surface area contributed by atoms with Gasteiger partial charge in [-0.3, -0.25) is 5.01 Å². The van der Waals surface area contributed by atoms with E-state index in [1.807, 2.05) is 30.3 Å². The van der Waals surface area contributed by atoms with E-state index in [1.165, 1.54) is 0 Å². The van der Waals surface area contributed by atoms with Crippen LogP contribution < -0.4 is 5.01 Å². The number of hydrazone groups is 1. The summed E-state index contributed by atoms with van der Waals surface area (Å²) in [4.78, 5) is 15.8. The second-order valence-corrected chi connectivity index (χ2v) is 3.36. The highest BCUT2D eigenvalue weighted by Crippen LogP contribution is 2.12. The van der Waals surface area contributed by atoms with E-state index < -0.39 is 5.97 Å². The molecule has 0 fully saturated rings. The van der Waals surface area contributed by atoms with Crippen LogP contribution in [0.2, 0.25) is 0 Å². The first-order valence-corrected chi connectivity index (χ1v) is 4.82. The summed E-state index contributed by atoms with van der Waals surface area (Å²) in [5, 5.41) is 9.32. The van der Waals surface area contributed by atoms with E-state index in [-0.39, 0.29) is 5.71 Å². The predicted molar refractivity (Wildman–Crippen MR) is 61.5 cm³/mol. The van der Waals surface area contributed by atoms with Crippen LogP contribution in [0.3, 0.4) is 0 Å². The second kappa shape index (κ2) is 4.14. The van der Waals surface area contributed by atoms with Crippen LogP contribution in [0.4, 0.5) is 5.69 Å². The van der Waals surface area contributed by atoms with Crippen molar-refractivity contribution < 1.29 is 9.63 Å². The van der Waals surface area contributed by atoms with Crippen LogP contribution in [-0.4, -0.2) is 24.4 Å². The average Bonchev–Trinajstić information content (AvgIpc) is 2.62. The fourth-order valence-corrected chi connectivity index (χ4v) is 1.31. The van der Waals surface area contributed by atoms with Crippen molar-refractivity contribution >= 4 is 23.1 Å². The highest BCUT2D eigenvalue weighted by atomic mass is 16.7. The zero-order valence-corrected chi connectivity index (χ0v) is 9.04. The molecule has 5 heteroatoms. The summed E-state index contributed by atoms with van der Waals surface area (Å²) in [5.41, 5.74) is 1.63. The van der Waals surface area contributed by atoms with Gasteiger partial charge in [-0.1, -0.05) is 23.4 Å². The number of carbonyl (C=O) groups is 1. The third-order valence-electron chi connectivity index (χ3n) is 2.18. The number of hydrogen-bond donors (Lipinski definition) is 0. The Morgan fingerprint density at radius 3 is 2.56 bits per heavy atom. The third-order valence-corrected chi connectivity index (χ3v) is 2.18. The summed E-state index contributed by atoms with van der Waals surface area (Å²) in [6, 6.07) is 9.52. The molecule has 0 saturated heterocycles. The van der Waals surface area contributed by atoms with Crippen molar-refractivity contribution in [1.29, 1.82) is 0 Å². The first-order valence-electron chi connectivity index (χ1n) is 4.82. The first kappa shape index (κ1) is 10.4. The molecule has 1 aliphatic rings. The van der Waals surface area contributed by atoms with Crippen LogP contribution in [0, 0.1) is 0 Å². The molecule has 1 aromatic rings. The number of benzene rings is 1. The second-order valence-electron chi connectivity index (χ2n) is 3.36. The van der Waals surface area contributed by atoms with Crippen LogP contribution in [0.15, 0.2) is 40.6 Å². The van der Waals surface area contributed by atoms with Gasteiger partial charge in [-0.15, -0.1) is 0 Å². The summed E-state index contributed by atoms with van der Waals surface area (Å²) in [6.45, 7) is 1.68. The summed E-state index contributed by atoms with van der Waals surface area (Å²) in [5.74, 6) is -0.514. The SMILES string of the molecule is CC1=NOC(=O)/C1=N\N(C)c1ccccc1. The fourth-order valence-electron chi connectivity index (χ4n) is 1.31. The summed E-state index contributed by atoms with van der Waals surface area (Å²) < 4.78 is 0. The molecule has 1 aromatic carbocycles. The summed E-state index contributed by atoms with van der Waals surface area (Å²) >= 11 is 0. The lowest BCUT2D eigenvalue weighted by Crippen LogP contribution is -2.21. The Morgan fingerprint density at radius 2 is 2.00 bits per heavy atom. The Kier molecular flexibility index (Phi) is 2.68. The quantitative estimate of drug-likeness (QED) is 0.556. The Bertz CT molecular complexity index is 465. The molecule has 1 aliphatic heterocycles. The largest absolute Gasteiger partial charge is 0.387 e. The first-order chi connectivity index (χ1) is 7.68. The van der Waals surface area contributed by atoms with Crippen LogP contribution in [-0.2, 0) is 9.63 Å². The Hall–Kier alpha value is -2.17. The molecule has 0 unspecified atom stereocenters. The Balaban J connectivity index is 2.25. The van der Waals surface area contributed by atoms with Gasteiger partial charge in [0.15, 0.2) is 5.71 Å². The monoisotopic (exact) mass is 217 g/mol. The van der Waals surface area contributed by atoms with Crippen LogP contribution >= 0.6 is 0 Å². The lowest BCUT2D eigenvalue weighted by molar-refractivity contribution is -0.134. The van der Waals surface area contributed by atoms with Gasteiger partial charge in [0.2, 0.25) is 0 Å². The fraction of sp³-hybridized carbons (Fsp3) is 0.182. The van der Waals surface area contributed by atoms with Gasteiger partial charge in [0.05, 0.1) is 5.69 Å². The number of para-hydroxylation sites is 1. The van der Waals surface area contributed by atoms with Crippen molar-refractivity contribution in [3.63, 3.8) is 0 Å². The Labute approximate surface area is 93.0 Å². The zero-order chi connectivity index (χ0) is 11.5. The Morgan fingerprint density at radius 1 is 1.31 bits per heavy atom. The van der Waals surface area contributed by atoms with Gasteiger partial charge in [0.25, 0.3) is 0 Å². The predicted octanol–water partition coefficient (Wildman–Crippen LogP) is 1.41. The van der Waals surface area contributed by atoms with Gasteiger partial charge < -0.3 is 4.84 Å². The lowest BCUT2D eigenvalue weighted by atomic mass is 10.3. The topological polar surface area (TPSA) is 54.3 Å². The number of rotatable bonds is 2. The highest BCUT2D eigenvalue weighted by molar-refractivity contribution is 6.66. The van der Waals surface area contributed by atoms with E-state index >= 15 is 0 Å². The van der Waals surface area contributed by atoms with Crippen molar-refractivity contribution in [2.75, 3.05) is 12.1 Å². The molecule has 0 atom stereocenters. The highest BCUT2D eigenvalue weighted by Gasteiger charge is 2.24. The molecule has 0 amide bonds. The van der Waals surface area contributed by atoms with Crippen molar-refractivity contribution in [2.45, 2.75) is 6.92 Å². The summed E-state index contributed by atoms with van der Waals surface area (Å²) in [6.07, 6.45) is 0. The maximum Gasteiger partial charge on any atom is 0.387 e. The van der Waals surface area contributed by atoms with Crippen LogP contribution in [0.5, 0.6) is 0 Å². The van der Waals surface area contributed by atoms with Crippen molar-refractivity contribution in [2.24, 2.45) is 10.3 Å². The third kappa shape index (κ3) is 1.93. The van der Waals surface area contributed by atoms with Gasteiger partial charge >= 0.3 is 5.97 Å². The van der Waals surface area contributed by atoms with Gasteiger partial charge in [-0.25, -0.2) is 4.79 Å². The normalized spacial score (nSPS) is 17.2. The van der Waals surface area contributed by atoms with Crippen LogP contribution in [0.25, 0.3) is 0 Å². The van der Waals surface area contributed by atoms with Gasteiger partial charge in [-0.05, 0) is 19.1 Å². The molecule has 82 valence electrons. The van der Waals surface area contributed by atoms with E-state index in [0.29, 0.717) is 5.71 Å². The molecule has 0 bridgehead atoms. The minimum atomic E-state index is -0.514. The molecule has 0 aliphatic carbocycles. The number of nitrogens with zero attached hydrogens (tertiary/aromatic N) is 3. The zero-order valence-electron chi connectivity index (χ0n) is 9.04. The molecular weight excluding hydrogens is 206 g/mol. The van der Waals surface area contributed by atoms with E-state index in [0.717, 1.165) is 5.69 Å². The summed E-state index contributed by atoms with van der Waals surface area (Å²) in [7, 11) is 1.77. The van der Waals surface area contributed by atoms with Gasteiger partial charge in [-0.2, -0.15) is 5.10 Å². The van der Waals surface area contributed by atoms with Gasteiger partial charge in [0, 0.05) is 7.05 Å².